The summed E-state index contributed by atoms with van der Waals surface area (Å²) in [5.41, 5.74) is -0.472. The summed E-state index contributed by atoms with van der Waals surface area (Å²) in [5, 5.41) is 15.2. The van der Waals surface area contributed by atoms with E-state index >= 15 is 0 Å². The first-order valence-corrected chi connectivity index (χ1v) is 12.1. The third kappa shape index (κ3) is 5.76. The number of nitrogens with one attached hydrogen (secondary N) is 2. The summed E-state index contributed by atoms with van der Waals surface area (Å²) in [4.78, 5) is 36.2. The molecule has 10 heteroatoms. The standard InChI is InChI=1S/C25H24F2N2O5S/c26-21-17(9-10-18(22(21)27)34-16-7-5-14(6-8-16)25(32)33)23(30)28-11-12-29-24(31)20-13-15-3-1-2-4-19(15)35-20/h1-4,9-10,13-14,16H,5-8,11-12H2,(H,28,30)(H,29,31)(H,32,33)/t14-,16+. The maximum atomic E-state index is 14.5. The number of fused-ring (bicyclic) bond motifs is 1. The molecule has 3 N–H and O–H groups in total. The fraction of sp³-hybridized carbons (Fsp3) is 0.320. The zero-order valence-corrected chi connectivity index (χ0v) is 19.5. The molecular weight excluding hydrogens is 478 g/mol. The van der Waals surface area contributed by atoms with Crippen LogP contribution in [0.3, 0.4) is 0 Å². The Morgan fingerprint density at radius 3 is 2.31 bits per heavy atom. The second-order valence-electron chi connectivity index (χ2n) is 8.33. The molecule has 2 aromatic carbocycles. The Kier molecular flexibility index (Phi) is 7.60. The van der Waals surface area contributed by atoms with Gasteiger partial charge in [-0.25, -0.2) is 4.39 Å². The SMILES string of the molecule is O=C(NCCNC(=O)c1ccc(O[C@H]2CC[C@@H](C(=O)O)CC2)c(F)c1F)c1cc2ccccc2s1. The highest BCUT2D eigenvalue weighted by Crippen LogP contribution is 2.30. The third-order valence-corrected chi connectivity index (χ3v) is 7.07. The van der Waals surface area contributed by atoms with Crippen LogP contribution in [0.4, 0.5) is 8.78 Å². The van der Waals surface area contributed by atoms with Crippen molar-refractivity contribution in [1.29, 1.82) is 0 Å². The lowest BCUT2D eigenvalue weighted by Crippen LogP contribution is -2.34. The van der Waals surface area contributed by atoms with Crippen LogP contribution in [0.1, 0.15) is 45.7 Å². The summed E-state index contributed by atoms with van der Waals surface area (Å²) >= 11 is 1.36. The lowest BCUT2D eigenvalue weighted by atomic mass is 9.87. The summed E-state index contributed by atoms with van der Waals surface area (Å²) < 4.78 is 35.6. The number of rotatable bonds is 8. The van der Waals surface area contributed by atoms with E-state index < -0.39 is 41.1 Å². The van der Waals surface area contributed by atoms with Gasteiger partial charge in [0, 0.05) is 17.8 Å². The molecule has 1 saturated carbocycles. The van der Waals surface area contributed by atoms with Crippen LogP contribution in [0, 0.1) is 17.6 Å². The number of carboxylic acids is 1. The van der Waals surface area contributed by atoms with Gasteiger partial charge in [0.15, 0.2) is 11.6 Å². The number of carboxylic acid groups (broad SMARTS) is 1. The second kappa shape index (κ2) is 10.8. The highest BCUT2D eigenvalue weighted by Gasteiger charge is 2.28. The fourth-order valence-corrected chi connectivity index (χ4v) is 5.01. The van der Waals surface area contributed by atoms with Crippen molar-refractivity contribution >= 4 is 39.2 Å². The Bertz CT molecular complexity index is 1220. The number of thiophene rings is 1. The summed E-state index contributed by atoms with van der Waals surface area (Å²) in [6.45, 7) is 0.144. The van der Waals surface area contributed by atoms with E-state index in [4.69, 9.17) is 9.84 Å². The van der Waals surface area contributed by atoms with Gasteiger partial charge in [-0.2, -0.15) is 4.39 Å². The van der Waals surface area contributed by atoms with Gasteiger partial charge in [0.1, 0.15) is 0 Å². The van der Waals surface area contributed by atoms with E-state index in [9.17, 15) is 23.2 Å². The lowest BCUT2D eigenvalue weighted by Gasteiger charge is -2.27. The quantitative estimate of drug-likeness (QED) is 0.397. The largest absolute Gasteiger partial charge is 0.487 e. The highest BCUT2D eigenvalue weighted by molar-refractivity contribution is 7.20. The maximum absolute atomic E-state index is 14.5. The van der Waals surface area contributed by atoms with Crippen molar-refractivity contribution in [2.45, 2.75) is 31.8 Å². The van der Waals surface area contributed by atoms with Gasteiger partial charge < -0.3 is 20.5 Å². The summed E-state index contributed by atoms with van der Waals surface area (Å²) in [7, 11) is 0. The van der Waals surface area contributed by atoms with E-state index in [1.165, 1.54) is 17.4 Å². The molecule has 0 saturated heterocycles. The average Bonchev–Trinajstić information content (AvgIpc) is 3.29. The van der Waals surface area contributed by atoms with E-state index in [0.29, 0.717) is 30.6 Å². The molecule has 0 bridgehead atoms. The Balaban J connectivity index is 1.27. The van der Waals surface area contributed by atoms with Crippen molar-refractivity contribution < 1.29 is 33.0 Å². The highest BCUT2D eigenvalue weighted by atomic mass is 32.1. The monoisotopic (exact) mass is 502 g/mol. The molecule has 4 rings (SSSR count). The molecule has 1 aliphatic rings. The molecule has 1 aliphatic carbocycles. The number of aliphatic carboxylic acids is 1. The molecule has 0 unspecified atom stereocenters. The van der Waals surface area contributed by atoms with Crippen LogP contribution in [-0.2, 0) is 4.79 Å². The van der Waals surface area contributed by atoms with E-state index in [1.807, 2.05) is 24.3 Å². The minimum atomic E-state index is -1.33. The van der Waals surface area contributed by atoms with Crippen LogP contribution in [0.2, 0.25) is 0 Å². The molecule has 0 atom stereocenters. The van der Waals surface area contributed by atoms with E-state index in [2.05, 4.69) is 10.6 Å². The van der Waals surface area contributed by atoms with Crippen molar-refractivity contribution in [2.24, 2.45) is 5.92 Å². The number of carbonyl (C=O) groups excluding carboxylic acids is 2. The summed E-state index contributed by atoms with van der Waals surface area (Å²) in [5.74, 6) is -5.31. The van der Waals surface area contributed by atoms with Gasteiger partial charge >= 0.3 is 5.97 Å². The first kappa shape index (κ1) is 24.6. The second-order valence-corrected chi connectivity index (χ2v) is 9.41. The van der Waals surface area contributed by atoms with Gasteiger partial charge in [0.05, 0.1) is 22.5 Å². The fourth-order valence-electron chi connectivity index (χ4n) is 4.03. The molecule has 3 aromatic rings. The Hall–Kier alpha value is -3.53. The zero-order valence-electron chi connectivity index (χ0n) is 18.7. The maximum Gasteiger partial charge on any atom is 0.306 e. The lowest BCUT2D eigenvalue weighted by molar-refractivity contribution is -0.143. The van der Waals surface area contributed by atoms with Crippen molar-refractivity contribution in [2.75, 3.05) is 13.1 Å². The van der Waals surface area contributed by atoms with Gasteiger partial charge in [0.25, 0.3) is 11.8 Å². The van der Waals surface area contributed by atoms with Crippen LogP contribution in [-0.4, -0.2) is 42.1 Å². The molecule has 0 radical (unpaired) electrons. The van der Waals surface area contributed by atoms with Gasteiger partial charge in [-0.1, -0.05) is 18.2 Å². The molecule has 0 spiro atoms. The Labute approximate surface area is 204 Å². The number of hydrogen-bond acceptors (Lipinski definition) is 5. The minimum Gasteiger partial charge on any atom is -0.487 e. The van der Waals surface area contributed by atoms with Gasteiger partial charge in [-0.15, -0.1) is 11.3 Å². The topological polar surface area (TPSA) is 105 Å². The number of hydrogen-bond donors (Lipinski definition) is 3. The predicted molar refractivity (Wildman–Crippen MR) is 127 cm³/mol. The first-order valence-electron chi connectivity index (χ1n) is 11.3. The molecule has 35 heavy (non-hydrogen) atoms. The Morgan fingerprint density at radius 1 is 0.943 bits per heavy atom. The van der Waals surface area contributed by atoms with Crippen molar-refractivity contribution in [1.82, 2.24) is 10.6 Å². The van der Waals surface area contributed by atoms with Crippen LogP contribution in [0.15, 0.2) is 42.5 Å². The van der Waals surface area contributed by atoms with Crippen molar-refractivity contribution in [3.8, 4) is 5.75 Å². The van der Waals surface area contributed by atoms with Crippen LogP contribution >= 0.6 is 11.3 Å². The van der Waals surface area contributed by atoms with E-state index in [0.717, 1.165) is 16.2 Å². The number of carbonyl (C=O) groups is 3. The molecule has 1 fully saturated rings. The zero-order chi connectivity index (χ0) is 24.9. The average molecular weight is 503 g/mol. The molecule has 1 aromatic heterocycles. The minimum absolute atomic E-state index is 0.0294. The number of ether oxygens (including phenoxy) is 1. The normalized spacial score (nSPS) is 17.7. The van der Waals surface area contributed by atoms with Crippen LogP contribution in [0.25, 0.3) is 10.1 Å². The Morgan fingerprint density at radius 2 is 1.63 bits per heavy atom. The molecule has 7 nitrogen and oxygen atoms in total. The molecule has 184 valence electrons. The van der Waals surface area contributed by atoms with Gasteiger partial charge in [0.2, 0.25) is 5.82 Å². The summed E-state index contributed by atoms with van der Waals surface area (Å²) in [6, 6.07) is 11.7. The number of amides is 2. The number of benzene rings is 2. The van der Waals surface area contributed by atoms with E-state index in [1.54, 1.807) is 6.07 Å². The molecule has 2 amide bonds. The van der Waals surface area contributed by atoms with E-state index in [-0.39, 0.29) is 24.7 Å². The smallest absolute Gasteiger partial charge is 0.306 e. The van der Waals surface area contributed by atoms with Gasteiger partial charge in [-0.3, -0.25) is 14.4 Å². The van der Waals surface area contributed by atoms with Crippen LogP contribution in [0.5, 0.6) is 5.75 Å². The first-order chi connectivity index (χ1) is 16.8. The van der Waals surface area contributed by atoms with Crippen molar-refractivity contribution in [3.63, 3.8) is 0 Å². The third-order valence-electron chi connectivity index (χ3n) is 5.95. The molecule has 0 aliphatic heterocycles. The molecule has 1 heterocycles. The number of halogens is 2. The molecular formula is C25H24F2N2O5S. The van der Waals surface area contributed by atoms with Crippen LogP contribution < -0.4 is 15.4 Å². The van der Waals surface area contributed by atoms with Gasteiger partial charge in [-0.05, 0) is 55.3 Å². The summed E-state index contributed by atoms with van der Waals surface area (Å²) in [6.07, 6.45) is 1.25. The van der Waals surface area contributed by atoms with Crippen molar-refractivity contribution in [3.05, 3.63) is 64.5 Å². The predicted octanol–water partition coefficient (Wildman–Crippen LogP) is 4.36.